The predicted octanol–water partition coefficient (Wildman–Crippen LogP) is 3.64. The Morgan fingerprint density at radius 1 is 1.00 bits per heavy atom. The number of rotatable bonds is 0. The molecule has 0 unspecified atom stereocenters. The molecule has 0 bridgehead atoms. The van der Waals surface area contributed by atoms with Gasteiger partial charge in [-0.25, -0.2) is 0 Å². The van der Waals surface area contributed by atoms with Gasteiger partial charge in [0, 0.05) is 0 Å². The molecule has 0 aromatic heterocycles. The van der Waals surface area contributed by atoms with E-state index in [1.54, 1.807) is 0 Å². The number of hydrogen-bond acceptors (Lipinski definition) is 0. The van der Waals surface area contributed by atoms with Gasteiger partial charge in [0.1, 0.15) is 0 Å². The minimum Gasteiger partial charge on any atom is -0.106 e. The zero-order valence-electron chi connectivity index (χ0n) is 10.2. The van der Waals surface area contributed by atoms with Crippen LogP contribution in [-0.4, -0.2) is 0 Å². The van der Waals surface area contributed by atoms with Crippen LogP contribution in [0.4, 0.5) is 0 Å². The first-order chi connectivity index (χ1) is 6.19. The summed E-state index contributed by atoms with van der Waals surface area (Å²) in [5, 5.41) is 0. The zero-order chi connectivity index (χ0) is 11.4. The van der Waals surface area contributed by atoms with Crippen molar-refractivity contribution in [1.82, 2.24) is 0 Å². The molecule has 0 aliphatic rings. The standard InChI is InChI=1S/C14H20/c1-8-9-10-11-12(13(2,3)4)14(5,6)7/h1,11H,2-7H3. The largest absolute Gasteiger partial charge is 0.106 e. The van der Waals surface area contributed by atoms with Crippen molar-refractivity contribution in [1.29, 1.82) is 0 Å². The third kappa shape index (κ3) is 4.20. The summed E-state index contributed by atoms with van der Waals surface area (Å²) in [5.41, 5.74) is 1.61. The maximum absolute atomic E-state index is 5.08. The van der Waals surface area contributed by atoms with Gasteiger partial charge in [-0.3, -0.25) is 0 Å². The minimum atomic E-state index is 0.140. The van der Waals surface area contributed by atoms with Crippen LogP contribution in [0.3, 0.4) is 0 Å². The normalized spacial score (nSPS) is 10.9. The van der Waals surface area contributed by atoms with Gasteiger partial charge in [0.2, 0.25) is 0 Å². The van der Waals surface area contributed by atoms with Crippen molar-refractivity contribution < 1.29 is 0 Å². The quantitative estimate of drug-likeness (QED) is 0.509. The van der Waals surface area contributed by atoms with Crippen LogP contribution < -0.4 is 0 Å². The Bertz CT molecular complexity index is 294. The smallest absolute Gasteiger partial charge is 0.0106 e. The molecule has 0 radical (unpaired) electrons. The SMILES string of the molecule is C#CC#CC=C(C(C)(C)C)C(C)(C)C. The second-order valence-electron chi connectivity index (χ2n) is 5.47. The highest BCUT2D eigenvalue weighted by Gasteiger charge is 2.27. The summed E-state index contributed by atoms with van der Waals surface area (Å²) < 4.78 is 0. The Balaban J connectivity index is 5.16. The Labute approximate surface area is 88.8 Å². The first-order valence-electron chi connectivity index (χ1n) is 4.87. The molecule has 0 saturated heterocycles. The molecule has 0 atom stereocenters. The summed E-state index contributed by atoms with van der Waals surface area (Å²) in [5.74, 6) is 7.84. The van der Waals surface area contributed by atoms with Crippen LogP contribution in [0.15, 0.2) is 11.6 Å². The van der Waals surface area contributed by atoms with Crippen LogP contribution in [0.5, 0.6) is 0 Å². The third-order valence-corrected chi connectivity index (χ3v) is 1.98. The first-order valence-corrected chi connectivity index (χ1v) is 4.87. The molecule has 0 saturated carbocycles. The molecule has 0 amide bonds. The van der Waals surface area contributed by atoms with Gasteiger partial charge in [-0.2, -0.15) is 0 Å². The van der Waals surface area contributed by atoms with Gasteiger partial charge in [-0.15, -0.1) is 6.42 Å². The summed E-state index contributed by atoms with van der Waals surface area (Å²) in [6, 6.07) is 0. The second kappa shape index (κ2) is 4.39. The minimum absolute atomic E-state index is 0.140. The Morgan fingerprint density at radius 2 is 1.43 bits per heavy atom. The maximum Gasteiger partial charge on any atom is -0.0106 e. The average molecular weight is 188 g/mol. The predicted molar refractivity (Wildman–Crippen MR) is 63.6 cm³/mol. The molecule has 0 spiro atoms. The fourth-order valence-electron chi connectivity index (χ4n) is 1.71. The zero-order valence-corrected chi connectivity index (χ0v) is 10.2. The molecule has 0 aromatic carbocycles. The summed E-state index contributed by atoms with van der Waals surface area (Å²) in [6.45, 7) is 13.2. The van der Waals surface area contributed by atoms with E-state index in [0.717, 1.165) is 0 Å². The van der Waals surface area contributed by atoms with E-state index in [1.807, 2.05) is 6.08 Å². The summed E-state index contributed by atoms with van der Waals surface area (Å²) in [4.78, 5) is 0. The van der Waals surface area contributed by atoms with E-state index >= 15 is 0 Å². The summed E-state index contributed by atoms with van der Waals surface area (Å²) in [6.07, 6.45) is 7.04. The van der Waals surface area contributed by atoms with Crippen LogP contribution in [0, 0.1) is 35.0 Å². The molecule has 0 aliphatic heterocycles. The molecule has 76 valence electrons. The highest BCUT2D eigenvalue weighted by Crippen LogP contribution is 2.38. The van der Waals surface area contributed by atoms with E-state index in [0.29, 0.717) is 0 Å². The number of hydrogen-bond donors (Lipinski definition) is 0. The van der Waals surface area contributed by atoms with Crippen LogP contribution in [0.1, 0.15) is 41.5 Å². The fraction of sp³-hybridized carbons (Fsp3) is 0.571. The molecule has 0 heteroatoms. The third-order valence-electron chi connectivity index (χ3n) is 1.98. The number of allylic oxidation sites excluding steroid dienone is 2. The van der Waals surface area contributed by atoms with E-state index < -0.39 is 0 Å². The monoisotopic (exact) mass is 188 g/mol. The second-order valence-corrected chi connectivity index (χ2v) is 5.47. The van der Waals surface area contributed by atoms with Crippen LogP contribution in [0.2, 0.25) is 0 Å². The highest BCUT2D eigenvalue weighted by atomic mass is 14.3. The fourth-order valence-corrected chi connectivity index (χ4v) is 1.71. The lowest BCUT2D eigenvalue weighted by atomic mass is 9.72. The van der Waals surface area contributed by atoms with Gasteiger partial charge in [-0.1, -0.05) is 53.0 Å². The Kier molecular flexibility index (Phi) is 4.03. The van der Waals surface area contributed by atoms with Crippen LogP contribution >= 0.6 is 0 Å². The molecule has 0 heterocycles. The molecule has 0 fully saturated rings. The Morgan fingerprint density at radius 3 is 1.71 bits per heavy atom. The van der Waals surface area contributed by atoms with Gasteiger partial charge in [-0.05, 0) is 28.7 Å². The van der Waals surface area contributed by atoms with Gasteiger partial charge >= 0.3 is 0 Å². The van der Waals surface area contributed by atoms with E-state index in [-0.39, 0.29) is 10.8 Å². The molecule has 0 aromatic rings. The van der Waals surface area contributed by atoms with Gasteiger partial charge < -0.3 is 0 Å². The van der Waals surface area contributed by atoms with E-state index in [2.05, 4.69) is 59.3 Å². The van der Waals surface area contributed by atoms with Gasteiger partial charge in [0.15, 0.2) is 0 Å². The van der Waals surface area contributed by atoms with Crippen molar-refractivity contribution >= 4 is 0 Å². The topological polar surface area (TPSA) is 0 Å². The molecule has 0 rings (SSSR count). The van der Waals surface area contributed by atoms with Gasteiger partial charge in [0.25, 0.3) is 0 Å². The van der Waals surface area contributed by atoms with Crippen molar-refractivity contribution in [3.8, 4) is 24.2 Å². The molecule has 0 N–H and O–H groups in total. The first kappa shape index (κ1) is 12.9. The van der Waals surface area contributed by atoms with Crippen molar-refractivity contribution in [2.75, 3.05) is 0 Å². The van der Waals surface area contributed by atoms with Crippen LogP contribution in [-0.2, 0) is 0 Å². The summed E-state index contributed by atoms with van der Waals surface area (Å²) in [7, 11) is 0. The lowest BCUT2D eigenvalue weighted by Crippen LogP contribution is -2.22. The van der Waals surface area contributed by atoms with E-state index in [1.165, 1.54) is 5.57 Å². The van der Waals surface area contributed by atoms with Crippen molar-refractivity contribution in [2.45, 2.75) is 41.5 Å². The van der Waals surface area contributed by atoms with E-state index in [9.17, 15) is 0 Å². The lowest BCUT2D eigenvalue weighted by molar-refractivity contribution is 0.363. The van der Waals surface area contributed by atoms with E-state index in [4.69, 9.17) is 6.42 Å². The number of terminal acetylenes is 1. The lowest BCUT2D eigenvalue weighted by Gasteiger charge is -2.33. The highest BCUT2D eigenvalue weighted by molar-refractivity contribution is 5.33. The van der Waals surface area contributed by atoms with Crippen LogP contribution in [0.25, 0.3) is 0 Å². The van der Waals surface area contributed by atoms with Crippen molar-refractivity contribution in [3.63, 3.8) is 0 Å². The maximum atomic E-state index is 5.08. The average Bonchev–Trinajstić information content (AvgIpc) is 1.92. The molecular weight excluding hydrogens is 168 g/mol. The molecule has 14 heavy (non-hydrogen) atoms. The Hall–Kier alpha value is -1.14. The van der Waals surface area contributed by atoms with Crippen molar-refractivity contribution in [2.24, 2.45) is 10.8 Å². The molecular formula is C14H20. The molecule has 0 aliphatic carbocycles. The molecule has 0 nitrogen and oxygen atoms in total. The van der Waals surface area contributed by atoms with Gasteiger partial charge in [0.05, 0.1) is 0 Å². The summed E-state index contributed by atoms with van der Waals surface area (Å²) >= 11 is 0. The van der Waals surface area contributed by atoms with Crippen molar-refractivity contribution in [3.05, 3.63) is 11.6 Å².